The zero-order valence-electron chi connectivity index (χ0n) is 27.4. The number of hydrogen-bond donors (Lipinski definition) is 0. The van der Waals surface area contributed by atoms with E-state index in [1.807, 2.05) is 72.0 Å². The van der Waals surface area contributed by atoms with Gasteiger partial charge < -0.3 is 4.57 Å². The van der Waals surface area contributed by atoms with E-state index in [-0.39, 0.29) is 8.41 Å². The van der Waals surface area contributed by atoms with Gasteiger partial charge in [0.1, 0.15) is 0 Å². The summed E-state index contributed by atoms with van der Waals surface area (Å²) in [6.07, 6.45) is 0. The van der Waals surface area contributed by atoms with Crippen LogP contribution < -0.4 is 0 Å². The Morgan fingerprint density at radius 1 is 0.392 bits per heavy atom. The number of fused-ring (bicyclic) bond motifs is 6. The highest BCUT2D eigenvalue weighted by atomic mass is 32.1. The molecule has 10 rings (SSSR count). The Labute approximate surface area is 300 Å². The van der Waals surface area contributed by atoms with E-state index in [1.165, 1.54) is 53.1 Å². The fourth-order valence-electron chi connectivity index (χ4n) is 7.09. The molecule has 0 saturated carbocycles. The quantitative estimate of drug-likeness (QED) is 0.172. The molecule has 3 radical (unpaired) electrons. The van der Waals surface area contributed by atoms with Crippen LogP contribution in [0, 0.1) is 0 Å². The zero-order valence-corrected chi connectivity index (χ0v) is 28.3. The Balaban J connectivity index is 0.00000348. The summed E-state index contributed by atoms with van der Waals surface area (Å²) in [4.78, 5) is 14.8. The van der Waals surface area contributed by atoms with Gasteiger partial charge in [0.05, 0.1) is 11.0 Å². The Morgan fingerprint density at radius 2 is 0.922 bits per heavy atom. The predicted octanol–water partition coefficient (Wildman–Crippen LogP) is 11.6. The van der Waals surface area contributed by atoms with Crippen molar-refractivity contribution < 1.29 is 0 Å². The van der Waals surface area contributed by atoms with Crippen molar-refractivity contribution in [3.63, 3.8) is 0 Å². The first-order valence-electron chi connectivity index (χ1n) is 16.7. The predicted molar refractivity (Wildman–Crippen MR) is 215 cm³/mol. The normalized spacial score (nSPS) is 11.4. The summed E-state index contributed by atoms with van der Waals surface area (Å²) in [5, 5.41) is 5.09. The molecule has 0 fully saturated rings. The molecule has 4 nitrogen and oxygen atoms in total. The molecule has 0 N–H and O–H groups in total. The van der Waals surface area contributed by atoms with Crippen molar-refractivity contribution in [2.45, 2.75) is 0 Å². The molecular formula is C45H28BN4S. The van der Waals surface area contributed by atoms with Gasteiger partial charge in [-0.05, 0) is 53.6 Å². The molecule has 0 aliphatic heterocycles. The lowest BCUT2D eigenvalue weighted by Gasteiger charge is -2.11. The molecule has 0 aliphatic rings. The minimum atomic E-state index is 0. The number of thiophene rings is 1. The second-order valence-corrected chi connectivity index (χ2v) is 13.5. The van der Waals surface area contributed by atoms with Gasteiger partial charge in [0.15, 0.2) is 17.5 Å². The van der Waals surface area contributed by atoms with Crippen LogP contribution in [0.5, 0.6) is 0 Å². The summed E-state index contributed by atoms with van der Waals surface area (Å²) in [5.41, 5.74) is 8.74. The number of para-hydroxylation sites is 1. The van der Waals surface area contributed by atoms with Crippen molar-refractivity contribution >= 4 is 61.7 Å². The lowest BCUT2D eigenvalue weighted by atomic mass is 10.0. The molecule has 51 heavy (non-hydrogen) atoms. The molecule has 3 heterocycles. The maximum Gasteiger partial charge on any atom is 0.164 e. The van der Waals surface area contributed by atoms with E-state index < -0.39 is 0 Å². The molecule has 0 aliphatic carbocycles. The van der Waals surface area contributed by atoms with Crippen molar-refractivity contribution in [2.24, 2.45) is 0 Å². The molecule has 7 aromatic carbocycles. The molecule has 0 spiro atoms. The standard InChI is InChI=1S/C45H28N4S.B/c1-3-12-29(13-4-1)43-46-44(30-14-5-2-6-15-30)48-45(47-43)31-22-25-33(26-23-31)49-39-20-9-7-16-35(39)36-27-24-32(28-40(36)49)34-18-11-19-38-37-17-8-10-21-41(37)50-42(34)38;/h1-28H;. The average Bonchev–Trinajstić information content (AvgIpc) is 3.74. The largest absolute Gasteiger partial charge is 0.309 e. The van der Waals surface area contributed by atoms with Crippen molar-refractivity contribution in [3.05, 3.63) is 170 Å². The van der Waals surface area contributed by atoms with Crippen LogP contribution in [0.25, 0.3) is 93.0 Å². The van der Waals surface area contributed by atoms with Crippen LogP contribution >= 0.6 is 11.3 Å². The van der Waals surface area contributed by atoms with Gasteiger partial charge in [0.2, 0.25) is 0 Å². The molecule has 0 bridgehead atoms. The minimum absolute atomic E-state index is 0. The average molecular weight is 668 g/mol. The van der Waals surface area contributed by atoms with Crippen LogP contribution in [0.4, 0.5) is 0 Å². The maximum absolute atomic E-state index is 4.95. The highest BCUT2D eigenvalue weighted by Gasteiger charge is 2.17. The minimum Gasteiger partial charge on any atom is -0.309 e. The third-order valence-electron chi connectivity index (χ3n) is 9.47. The van der Waals surface area contributed by atoms with Gasteiger partial charge in [0.25, 0.3) is 0 Å². The summed E-state index contributed by atoms with van der Waals surface area (Å²) in [5.74, 6) is 1.95. The number of benzene rings is 7. The second kappa shape index (κ2) is 12.5. The molecular weight excluding hydrogens is 639 g/mol. The molecule has 6 heteroatoms. The second-order valence-electron chi connectivity index (χ2n) is 12.5. The SMILES string of the molecule is [B].c1ccc(-c2nc(-c3ccccc3)nc(-c3ccc(-n4c5ccccc5c5ccc(-c6cccc7c6sc6ccccc67)cc54)cc3)n2)cc1. The lowest BCUT2D eigenvalue weighted by Crippen LogP contribution is -2.00. The van der Waals surface area contributed by atoms with Crippen molar-refractivity contribution in [3.8, 4) is 51.0 Å². The van der Waals surface area contributed by atoms with Gasteiger partial charge in [0, 0.05) is 61.7 Å². The molecule has 237 valence electrons. The summed E-state index contributed by atoms with van der Waals surface area (Å²) in [6.45, 7) is 0. The monoisotopic (exact) mass is 667 g/mol. The van der Waals surface area contributed by atoms with Crippen LogP contribution in [0.2, 0.25) is 0 Å². The summed E-state index contributed by atoms with van der Waals surface area (Å²) in [6, 6.07) is 59.7. The molecule has 3 aromatic heterocycles. The first kappa shape index (κ1) is 30.7. The Morgan fingerprint density at radius 3 is 1.61 bits per heavy atom. The van der Waals surface area contributed by atoms with Gasteiger partial charge >= 0.3 is 0 Å². The Bertz CT molecular complexity index is 2800. The van der Waals surface area contributed by atoms with E-state index in [1.54, 1.807) is 0 Å². The van der Waals surface area contributed by atoms with E-state index in [9.17, 15) is 0 Å². The van der Waals surface area contributed by atoms with Crippen LogP contribution in [0.15, 0.2) is 170 Å². The summed E-state index contributed by atoms with van der Waals surface area (Å²) >= 11 is 1.87. The van der Waals surface area contributed by atoms with E-state index in [0.717, 1.165) is 22.4 Å². The van der Waals surface area contributed by atoms with E-state index >= 15 is 0 Å². The van der Waals surface area contributed by atoms with Crippen LogP contribution in [-0.4, -0.2) is 27.9 Å². The summed E-state index contributed by atoms with van der Waals surface area (Å²) < 4.78 is 5.01. The van der Waals surface area contributed by atoms with Crippen LogP contribution in [0.1, 0.15) is 0 Å². The molecule has 10 aromatic rings. The van der Waals surface area contributed by atoms with Gasteiger partial charge in [-0.15, -0.1) is 11.3 Å². The number of nitrogens with zero attached hydrogens (tertiary/aromatic N) is 4. The Kier molecular flexibility index (Phi) is 7.52. The van der Waals surface area contributed by atoms with Crippen LogP contribution in [0.3, 0.4) is 0 Å². The van der Waals surface area contributed by atoms with Crippen molar-refractivity contribution in [1.82, 2.24) is 19.5 Å². The highest BCUT2D eigenvalue weighted by Crippen LogP contribution is 2.42. The fourth-order valence-corrected chi connectivity index (χ4v) is 8.33. The maximum atomic E-state index is 4.95. The number of rotatable bonds is 5. The third kappa shape index (κ3) is 5.20. The van der Waals surface area contributed by atoms with E-state index in [4.69, 9.17) is 15.0 Å². The van der Waals surface area contributed by atoms with E-state index in [0.29, 0.717) is 17.5 Å². The lowest BCUT2D eigenvalue weighted by molar-refractivity contribution is 1.07. The van der Waals surface area contributed by atoms with E-state index in [2.05, 4.69) is 114 Å². The fraction of sp³-hybridized carbons (Fsp3) is 0. The highest BCUT2D eigenvalue weighted by molar-refractivity contribution is 7.26. The van der Waals surface area contributed by atoms with Crippen molar-refractivity contribution in [1.29, 1.82) is 0 Å². The van der Waals surface area contributed by atoms with Gasteiger partial charge in [-0.3, -0.25) is 0 Å². The van der Waals surface area contributed by atoms with Crippen LogP contribution in [-0.2, 0) is 0 Å². The smallest absolute Gasteiger partial charge is 0.164 e. The zero-order chi connectivity index (χ0) is 33.0. The number of aromatic nitrogens is 4. The van der Waals surface area contributed by atoms with Gasteiger partial charge in [-0.25, -0.2) is 15.0 Å². The first-order chi connectivity index (χ1) is 24.8. The van der Waals surface area contributed by atoms with Gasteiger partial charge in [-0.1, -0.05) is 127 Å². The summed E-state index contributed by atoms with van der Waals surface area (Å²) in [7, 11) is 0. The third-order valence-corrected chi connectivity index (χ3v) is 10.7. The topological polar surface area (TPSA) is 43.6 Å². The van der Waals surface area contributed by atoms with Gasteiger partial charge in [-0.2, -0.15) is 0 Å². The Hall–Kier alpha value is -6.37. The first-order valence-corrected chi connectivity index (χ1v) is 17.5. The molecule has 0 amide bonds. The number of hydrogen-bond acceptors (Lipinski definition) is 4. The van der Waals surface area contributed by atoms with Crippen molar-refractivity contribution in [2.75, 3.05) is 0 Å². The molecule has 0 atom stereocenters. The molecule has 0 unspecified atom stereocenters. The molecule has 0 saturated heterocycles.